The number of carbonyl (C=O) groups excluding carboxylic acids is 1. The summed E-state index contributed by atoms with van der Waals surface area (Å²) in [4.78, 5) is 13.8. The van der Waals surface area contributed by atoms with Gasteiger partial charge in [-0.05, 0) is 6.26 Å². The van der Waals surface area contributed by atoms with Gasteiger partial charge in [-0.3, -0.25) is 5.32 Å². The maximum Gasteiger partial charge on any atom is 0.412 e. The molecule has 6 heteroatoms. The van der Waals surface area contributed by atoms with Crippen LogP contribution >= 0.6 is 11.8 Å². The van der Waals surface area contributed by atoms with Crippen LogP contribution in [-0.4, -0.2) is 24.6 Å². The zero-order valence-electron chi connectivity index (χ0n) is 6.12. The van der Waals surface area contributed by atoms with Gasteiger partial charge >= 0.3 is 6.09 Å². The highest BCUT2D eigenvalue weighted by atomic mass is 32.2. The summed E-state index contributed by atoms with van der Waals surface area (Å²) in [7, 11) is 1.24. The smallest absolute Gasteiger partial charge is 0.412 e. The fourth-order valence-electron chi connectivity index (χ4n) is 0.308. The number of amides is 1. The zero-order chi connectivity index (χ0) is 8.69. The molecule has 1 amide bonds. The number of amidine groups is 1. The lowest BCUT2D eigenvalue weighted by Gasteiger charge is -2.00. The Balaban J connectivity index is 4.01. The van der Waals surface area contributed by atoms with E-state index >= 15 is 0 Å². The molecular formula is C5H7N3O2S. The van der Waals surface area contributed by atoms with Crippen LogP contribution in [0, 0.1) is 11.5 Å². The van der Waals surface area contributed by atoms with Crippen molar-refractivity contribution in [2.24, 2.45) is 4.99 Å². The summed E-state index contributed by atoms with van der Waals surface area (Å²) in [6.45, 7) is 0. The Morgan fingerprint density at radius 2 is 2.45 bits per heavy atom. The summed E-state index contributed by atoms with van der Waals surface area (Å²) in [5, 5.41) is 10.6. The number of nitrogens with one attached hydrogen (secondary N) is 1. The molecule has 0 radical (unpaired) electrons. The number of nitriles is 1. The van der Waals surface area contributed by atoms with Crippen molar-refractivity contribution in [2.45, 2.75) is 0 Å². The Labute approximate surface area is 68.4 Å². The van der Waals surface area contributed by atoms with Gasteiger partial charge in [0.2, 0.25) is 6.19 Å². The molecule has 0 aromatic carbocycles. The number of methoxy groups -OCH3 is 1. The van der Waals surface area contributed by atoms with Crippen LogP contribution in [0.15, 0.2) is 4.99 Å². The minimum Gasteiger partial charge on any atom is -0.453 e. The monoisotopic (exact) mass is 173 g/mol. The molecule has 11 heavy (non-hydrogen) atoms. The second kappa shape index (κ2) is 5.56. The van der Waals surface area contributed by atoms with Crippen molar-refractivity contribution >= 4 is 23.0 Å². The Morgan fingerprint density at radius 1 is 1.82 bits per heavy atom. The van der Waals surface area contributed by atoms with Gasteiger partial charge in [-0.25, -0.2) is 4.79 Å². The van der Waals surface area contributed by atoms with Crippen LogP contribution in [0.3, 0.4) is 0 Å². The van der Waals surface area contributed by atoms with Gasteiger partial charge in [-0.2, -0.15) is 5.26 Å². The van der Waals surface area contributed by atoms with E-state index in [9.17, 15) is 4.79 Å². The van der Waals surface area contributed by atoms with Gasteiger partial charge in [0, 0.05) is 0 Å². The minimum absolute atomic E-state index is 0.222. The van der Waals surface area contributed by atoms with Crippen molar-refractivity contribution in [2.75, 3.05) is 13.4 Å². The van der Waals surface area contributed by atoms with Crippen LogP contribution in [0.1, 0.15) is 0 Å². The third-order valence-electron chi connectivity index (χ3n) is 0.739. The Hall–Kier alpha value is -1.22. The van der Waals surface area contributed by atoms with Crippen molar-refractivity contribution in [3.8, 4) is 6.19 Å². The van der Waals surface area contributed by atoms with Gasteiger partial charge in [0.1, 0.15) is 0 Å². The molecular weight excluding hydrogens is 166 g/mol. The van der Waals surface area contributed by atoms with Crippen molar-refractivity contribution < 1.29 is 9.53 Å². The summed E-state index contributed by atoms with van der Waals surface area (Å²) >= 11 is 1.15. The Kier molecular flexibility index (Phi) is 4.94. The standard InChI is InChI=1S/C5H7N3O2S/c1-10-5(9)8-4(11-2)7-3-6/h1-2H3,(H,7,8,9). The maximum atomic E-state index is 10.5. The average Bonchev–Trinajstić information content (AvgIpc) is 2.03. The second-order valence-corrected chi connectivity index (χ2v) is 2.13. The van der Waals surface area contributed by atoms with E-state index in [4.69, 9.17) is 5.26 Å². The fraction of sp³-hybridized carbons (Fsp3) is 0.400. The molecule has 0 saturated carbocycles. The number of hydrogen-bond donors (Lipinski definition) is 1. The molecule has 0 rings (SSSR count). The number of carbonyl (C=O) groups is 1. The first-order valence-corrected chi connectivity index (χ1v) is 3.82. The molecule has 0 heterocycles. The fourth-order valence-corrected chi connectivity index (χ4v) is 0.626. The summed E-state index contributed by atoms with van der Waals surface area (Å²) in [5.41, 5.74) is 0. The van der Waals surface area contributed by atoms with Gasteiger partial charge in [-0.1, -0.05) is 11.8 Å². The molecule has 0 aliphatic heterocycles. The first-order valence-electron chi connectivity index (χ1n) is 2.60. The molecule has 0 spiro atoms. The van der Waals surface area contributed by atoms with E-state index in [0.29, 0.717) is 0 Å². The summed E-state index contributed by atoms with van der Waals surface area (Å²) in [6, 6.07) is 0. The lowest BCUT2D eigenvalue weighted by Crippen LogP contribution is -2.27. The van der Waals surface area contributed by atoms with Gasteiger partial charge in [0.25, 0.3) is 0 Å². The highest BCUT2D eigenvalue weighted by Gasteiger charge is 2.02. The van der Waals surface area contributed by atoms with E-state index in [-0.39, 0.29) is 5.17 Å². The van der Waals surface area contributed by atoms with Crippen LogP contribution < -0.4 is 5.32 Å². The Morgan fingerprint density at radius 3 is 2.82 bits per heavy atom. The largest absolute Gasteiger partial charge is 0.453 e. The van der Waals surface area contributed by atoms with E-state index in [2.05, 4.69) is 15.0 Å². The third kappa shape index (κ3) is 4.22. The third-order valence-corrected chi connectivity index (χ3v) is 1.32. The van der Waals surface area contributed by atoms with Crippen LogP contribution in [0.4, 0.5) is 4.79 Å². The minimum atomic E-state index is -0.631. The Bertz CT molecular complexity index is 208. The molecule has 1 N–H and O–H groups in total. The number of hydrogen-bond acceptors (Lipinski definition) is 5. The molecule has 60 valence electrons. The van der Waals surface area contributed by atoms with Crippen molar-refractivity contribution in [3.05, 3.63) is 0 Å². The maximum absolute atomic E-state index is 10.5. The first-order chi connectivity index (χ1) is 5.24. The predicted octanol–water partition coefficient (Wildman–Crippen LogP) is 0.542. The molecule has 0 aliphatic carbocycles. The molecule has 0 saturated heterocycles. The topological polar surface area (TPSA) is 74.5 Å². The van der Waals surface area contributed by atoms with Crippen LogP contribution in [0.5, 0.6) is 0 Å². The molecule has 0 bridgehead atoms. The molecule has 0 atom stereocenters. The van der Waals surface area contributed by atoms with E-state index in [1.54, 1.807) is 12.4 Å². The molecule has 5 nitrogen and oxygen atoms in total. The highest BCUT2D eigenvalue weighted by Crippen LogP contribution is 1.93. The van der Waals surface area contributed by atoms with E-state index in [1.165, 1.54) is 7.11 Å². The van der Waals surface area contributed by atoms with Crippen molar-refractivity contribution in [1.82, 2.24) is 5.32 Å². The van der Waals surface area contributed by atoms with Gasteiger partial charge < -0.3 is 4.74 Å². The molecule has 0 aromatic heterocycles. The normalized spacial score (nSPS) is 10.1. The number of alkyl carbamates (subject to hydrolysis) is 1. The quantitative estimate of drug-likeness (QED) is 0.329. The number of aliphatic imine (C=N–C) groups is 1. The van der Waals surface area contributed by atoms with Crippen LogP contribution in [0.25, 0.3) is 0 Å². The number of thioether (sulfide) groups is 1. The van der Waals surface area contributed by atoms with Crippen molar-refractivity contribution in [3.63, 3.8) is 0 Å². The zero-order valence-corrected chi connectivity index (χ0v) is 6.94. The van der Waals surface area contributed by atoms with E-state index in [0.717, 1.165) is 11.8 Å². The predicted molar refractivity (Wildman–Crippen MR) is 42.1 cm³/mol. The lowest BCUT2D eigenvalue weighted by molar-refractivity contribution is 0.177. The van der Waals surface area contributed by atoms with Gasteiger partial charge in [0.05, 0.1) is 7.11 Å². The molecule has 0 aromatic rings. The lowest BCUT2D eigenvalue weighted by atomic mass is 11.0. The van der Waals surface area contributed by atoms with Gasteiger partial charge in [-0.15, -0.1) is 4.99 Å². The molecule has 0 aliphatic rings. The highest BCUT2D eigenvalue weighted by molar-refractivity contribution is 8.13. The van der Waals surface area contributed by atoms with E-state index < -0.39 is 6.09 Å². The van der Waals surface area contributed by atoms with E-state index in [1.807, 2.05) is 0 Å². The average molecular weight is 173 g/mol. The van der Waals surface area contributed by atoms with Gasteiger partial charge in [0.15, 0.2) is 5.17 Å². The summed E-state index contributed by atoms with van der Waals surface area (Å²) < 4.78 is 4.28. The first kappa shape index (κ1) is 9.78. The number of ether oxygens (including phenoxy) is 1. The summed E-state index contributed by atoms with van der Waals surface area (Å²) in [6.07, 6.45) is 2.60. The van der Waals surface area contributed by atoms with Crippen molar-refractivity contribution in [1.29, 1.82) is 5.26 Å². The molecule has 0 fully saturated rings. The van der Waals surface area contributed by atoms with Crippen LogP contribution in [-0.2, 0) is 4.74 Å². The number of nitrogens with zero attached hydrogens (tertiary/aromatic N) is 2. The second-order valence-electron chi connectivity index (χ2n) is 1.34. The number of rotatable bonds is 0. The SMILES string of the molecule is COC(=O)NC(=NC#N)SC. The summed E-state index contributed by atoms with van der Waals surface area (Å²) in [5.74, 6) is 0. The van der Waals surface area contributed by atoms with Crippen LogP contribution in [0.2, 0.25) is 0 Å². The molecule has 0 unspecified atom stereocenters.